The maximum Gasteiger partial charge on any atom is 0.310 e. The van der Waals surface area contributed by atoms with E-state index < -0.39 is 0 Å². The third kappa shape index (κ3) is 2.63. The van der Waals surface area contributed by atoms with E-state index in [4.69, 9.17) is 4.74 Å². The summed E-state index contributed by atoms with van der Waals surface area (Å²) in [6.45, 7) is 5.28. The topological polar surface area (TPSA) is 60.2 Å². The van der Waals surface area contributed by atoms with Gasteiger partial charge in [0.05, 0.1) is 19.6 Å². The van der Waals surface area contributed by atoms with Crippen LogP contribution in [0.4, 0.5) is 0 Å². The minimum atomic E-state index is -0.107. The first-order valence-corrected chi connectivity index (χ1v) is 5.91. The summed E-state index contributed by atoms with van der Waals surface area (Å²) in [5, 5.41) is 4.13. The lowest BCUT2D eigenvalue weighted by molar-refractivity contribution is -0.144. The number of rotatable bonds is 4. The average molecular weight is 238 g/mol. The van der Waals surface area contributed by atoms with Gasteiger partial charge in [0.15, 0.2) is 0 Å². The van der Waals surface area contributed by atoms with Gasteiger partial charge in [0.25, 0.3) is 0 Å². The predicted molar refractivity (Wildman–Crippen MR) is 61.1 cm³/mol. The summed E-state index contributed by atoms with van der Waals surface area (Å²) in [6, 6.07) is 0. The Kier molecular flexibility index (Phi) is 3.73. The quantitative estimate of drug-likeness (QED) is 0.706. The van der Waals surface area contributed by atoms with Crippen LogP contribution in [0.5, 0.6) is 0 Å². The molecule has 0 bridgehead atoms. The second-order valence-corrected chi connectivity index (χ2v) is 4.24. The molecule has 17 heavy (non-hydrogen) atoms. The molecule has 0 saturated carbocycles. The third-order valence-electron chi connectivity index (χ3n) is 3.17. The Labute approximate surface area is 101 Å². The Bertz CT molecular complexity index is 391. The van der Waals surface area contributed by atoms with Crippen LogP contribution < -0.4 is 0 Å². The number of carbonyl (C=O) groups is 1. The smallest absolute Gasteiger partial charge is 0.310 e. The van der Waals surface area contributed by atoms with Crippen molar-refractivity contribution in [3.63, 3.8) is 0 Å². The summed E-state index contributed by atoms with van der Waals surface area (Å²) in [5.74, 6) is 0.862. The van der Waals surface area contributed by atoms with E-state index in [-0.39, 0.29) is 11.9 Å². The van der Waals surface area contributed by atoms with E-state index >= 15 is 0 Å². The number of hydrogen-bond acceptors (Lipinski definition) is 5. The van der Waals surface area contributed by atoms with Crippen LogP contribution >= 0.6 is 0 Å². The van der Waals surface area contributed by atoms with Crippen molar-refractivity contribution in [3.8, 4) is 0 Å². The van der Waals surface area contributed by atoms with Crippen molar-refractivity contribution in [2.75, 3.05) is 20.2 Å². The van der Waals surface area contributed by atoms with Crippen molar-refractivity contribution in [2.45, 2.75) is 26.4 Å². The predicted octanol–water partition coefficient (Wildman–Crippen LogP) is 0.293. The van der Waals surface area contributed by atoms with E-state index in [2.05, 4.69) is 15.0 Å². The summed E-state index contributed by atoms with van der Waals surface area (Å²) >= 11 is 0. The SMILES string of the molecule is CCn1ncnc1CN1CCC(C(=O)OC)C1. The number of nitrogens with zero attached hydrogens (tertiary/aromatic N) is 4. The highest BCUT2D eigenvalue weighted by Crippen LogP contribution is 2.18. The van der Waals surface area contributed by atoms with Gasteiger partial charge in [-0.05, 0) is 19.9 Å². The number of carbonyl (C=O) groups excluding carboxylic acids is 1. The molecule has 6 nitrogen and oxygen atoms in total. The lowest BCUT2D eigenvalue weighted by Crippen LogP contribution is -2.25. The van der Waals surface area contributed by atoms with Crippen molar-refractivity contribution in [2.24, 2.45) is 5.92 Å². The normalized spacial score (nSPS) is 20.7. The van der Waals surface area contributed by atoms with Crippen LogP contribution in [0.25, 0.3) is 0 Å². The molecule has 1 aliphatic rings. The molecule has 0 aliphatic carbocycles. The van der Waals surface area contributed by atoms with E-state index in [1.807, 2.05) is 11.6 Å². The van der Waals surface area contributed by atoms with Gasteiger partial charge in [0.1, 0.15) is 12.2 Å². The lowest BCUT2D eigenvalue weighted by atomic mass is 10.1. The molecule has 0 radical (unpaired) electrons. The van der Waals surface area contributed by atoms with Crippen molar-refractivity contribution < 1.29 is 9.53 Å². The molecule has 0 N–H and O–H groups in total. The van der Waals surface area contributed by atoms with Crippen molar-refractivity contribution in [1.29, 1.82) is 0 Å². The van der Waals surface area contributed by atoms with E-state index in [1.54, 1.807) is 6.33 Å². The van der Waals surface area contributed by atoms with Crippen LogP contribution in [-0.2, 0) is 22.6 Å². The van der Waals surface area contributed by atoms with Gasteiger partial charge in [-0.15, -0.1) is 0 Å². The summed E-state index contributed by atoms with van der Waals surface area (Å²) in [5.41, 5.74) is 0. The lowest BCUT2D eigenvalue weighted by Gasteiger charge is -2.14. The molecule has 1 atom stereocenters. The van der Waals surface area contributed by atoms with Crippen LogP contribution in [0, 0.1) is 5.92 Å². The summed E-state index contributed by atoms with van der Waals surface area (Å²) in [6.07, 6.45) is 2.44. The Morgan fingerprint density at radius 2 is 2.47 bits per heavy atom. The maximum atomic E-state index is 11.4. The first-order chi connectivity index (χ1) is 8.24. The number of likely N-dealkylation sites (tertiary alicyclic amines) is 1. The van der Waals surface area contributed by atoms with Crippen LogP contribution in [-0.4, -0.2) is 45.8 Å². The van der Waals surface area contributed by atoms with Crippen LogP contribution in [0.1, 0.15) is 19.2 Å². The zero-order chi connectivity index (χ0) is 12.3. The van der Waals surface area contributed by atoms with E-state index in [9.17, 15) is 4.79 Å². The fourth-order valence-electron chi connectivity index (χ4n) is 2.21. The average Bonchev–Trinajstić information content (AvgIpc) is 2.97. The monoisotopic (exact) mass is 238 g/mol. The second-order valence-electron chi connectivity index (χ2n) is 4.24. The van der Waals surface area contributed by atoms with E-state index in [1.165, 1.54) is 7.11 Å². The van der Waals surface area contributed by atoms with E-state index in [0.29, 0.717) is 0 Å². The highest BCUT2D eigenvalue weighted by Gasteiger charge is 2.29. The number of methoxy groups -OCH3 is 1. The van der Waals surface area contributed by atoms with Crippen LogP contribution in [0.3, 0.4) is 0 Å². The fourth-order valence-corrected chi connectivity index (χ4v) is 2.21. The first-order valence-electron chi connectivity index (χ1n) is 5.91. The zero-order valence-electron chi connectivity index (χ0n) is 10.3. The molecular formula is C11H18N4O2. The largest absolute Gasteiger partial charge is 0.469 e. The van der Waals surface area contributed by atoms with Gasteiger partial charge in [0.2, 0.25) is 0 Å². The van der Waals surface area contributed by atoms with Gasteiger partial charge in [-0.2, -0.15) is 5.10 Å². The molecule has 1 aliphatic heterocycles. The molecule has 94 valence electrons. The number of aromatic nitrogens is 3. The molecule has 2 rings (SSSR count). The van der Waals surface area contributed by atoms with Crippen molar-refractivity contribution >= 4 is 5.97 Å². The minimum absolute atomic E-state index is 0.0120. The number of hydrogen-bond donors (Lipinski definition) is 0. The van der Waals surface area contributed by atoms with E-state index in [0.717, 1.165) is 38.4 Å². The first kappa shape index (κ1) is 12.0. The number of aryl methyl sites for hydroxylation is 1. The molecule has 1 unspecified atom stereocenters. The highest BCUT2D eigenvalue weighted by atomic mass is 16.5. The number of ether oxygens (including phenoxy) is 1. The van der Waals surface area contributed by atoms with Crippen LogP contribution in [0.15, 0.2) is 6.33 Å². The van der Waals surface area contributed by atoms with Gasteiger partial charge in [-0.1, -0.05) is 0 Å². The molecule has 1 aromatic rings. The van der Waals surface area contributed by atoms with Crippen LogP contribution in [0.2, 0.25) is 0 Å². The van der Waals surface area contributed by atoms with Gasteiger partial charge in [-0.3, -0.25) is 9.69 Å². The van der Waals surface area contributed by atoms with Crippen molar-refractivity contribution in [1.82, 2.24) is 19.7 Å². The Morgan fingerprint density at radius 1 is 1.65 bits per heavy atom. The highest BCUT2D eigenvalue weighted by molar-refractivity contribution is 5.72. The third-order valence-corrected chi connectivity index (χ3v) is 3.17. The standard InChI is InChI=1S/C11H18N4O2/c1-3-15-10(12-8-13-15)7-14-5-4-9(6-14)11(16)17-2/h8-9H,3-7H2,1-2H3. The van der Waals surface area contributed by atoms with Crippen molar-refractivity contribution in [3.05, 3.63) is 12.2 Å². The molecule has 1 fully saturated rings. The number of esters is 1. The molecule has 1 aromatic heterocycles. The second kappa shape index (κ2) is 5.27. The Balaban J connectivity index is 1.92. The van der Waals surface area contributed by atoms with Gasteiger partial charge < -0.3 is 4.74 Å². The zero-order valence-corrected chi connectivity index (χ0v) is 10.3. The Hall–Kier alpha value is -1.43. The van der Waals surface area contributed by atoms with Gasteiger partial charge in [0, 0.05) is 13.1 Å². The molecule has 2 heterocycles. The summed E-state index contributed by atoms with van der Waals surface area (Å²) in [4.78, 5) is 17.9. The van der Waals surface area contributed by atoms with Gasteiger partial charge >= 0.3 is 5.97 Å². The minimum Gasteiger partial charge on any atom is -0.469 e. The summed E-state index contributed by atoms with van der Waals surface area (Å²) in [7, 11) is 1.44. The molecule has 0 amide bonds. The molecule has 1 saturated heterocycles. The maximum absolute atomic E-state index is 11.4. The summed E-state index contributed by atoms with van der Waals surface area (Å²) < 4.78 is 6.64. The fraction of sp³-hybridized carbons (Fsp3) is 0.727. The van der Waals surface area contributed by atoms with Gasteiger partial charge in [-0.25, -0.2) is 9.67 Å². The molecular weight excluding hydrogens is 220 g/mol. The Morgan fingerprint density at radius 3 is 3.18 bits per heavy atom. The molecule has 6 heteroatoms. The molecule has 0 spiro atoms. The molecule has 0 aromatic carbocycles.